The molecule has 2 nitrogen and oxygen atoms in total. The molecule has 0 N–H and O–H groups in total. The summed E-state index contributed by atoms with van der Waals surface area (Å²) < 4.78 is 5.31. The monoisotopic (exact) mass is 240 g/mol. The molecule has 0 heterocycles. The Morgan fingerprint density at radius 2 is 2.12 bits per heavy atom. The molecule has 0 fully saturated rings. The number of hydrogen-bond acceptors (Lipinski definition) is 2. The van der Waals surface area contributed by atoms with Gasteiger partial charge in [0.1, 0.15) is 12.0 Å². The van der Waals surface area contributed by atoms with Crippen LogP contribution in [0, 0.1) is 6.92 Å². The van der Waals surface area contributed by atoms with Gasteiger partial charge in [-0.1, -0.05) is 11.6 Å². The fourth-order valence-corrected chi connectivity index (χ4v) is 1.81. The summed E-state index contributed by atoms with van der Waals surface area (Å²) in [6, 6.07) is 3.91. The molecule has 0 amide bonds. The summed E-state index contributed by atoms with van der Waals surface area (Å²) in [5.41, 5.74) is 2.14. The van der Waals surface area contributed by atoms with Gasteiger partial charge in [-0.05, 0) is 49.4 Å². The maximum absolute atomic E-state index is 10.2. The number of carbonyl (C=O) groups excluding carboxylic acids is 1. The fourth-order valence-electron chi connectivity index (χ4n) is 1.62. The third-order valence-electron chi connectivity index (χ3n) is 2.58. The summed E-state index contributed by atoms with van der Waals surface area (Å²) in [7, 11) is 1.66. The van der Waals surface area contributed by atoms with Gasteiger partial charge >= 0.3 is 0 Å². The van der Waals surface area contributed by atoms with Gasteiger partial charge < -0.3 is 9.53 Å². The molecular weight excluding hydrogens is 224 g/mol. The van der Waals surface area contributed by atoms with Crippen LogP contribution in [0.1, 0.15) is 30.4 Å². The lowest BCUT2D eigenvalue weighted by atomic mass is 10.0. The SMILES string of the molecule is COc1cc(C)c(Cl)cc1CCCCC=O. The Bertz CT molecular complexity index is 361. The summed E-state index contributed by atoms with van der Waals surface area (Å²) in [5, 5.41) is 0.770. The molecule has 1 aromatic carbocycles. The van der Waals surface area contributed by atoms with Crippen molar-refractivity contribution in [2.24, 2.45) is 0 Å². The summed E-state index contributed by atoms with van der Waals surface area (Å²) in [4.78, 5) is 10.2. The highest BCUT2D eigenvalue weighted by Gasteiger charge is 2.06. The van der Waals surface area contributed by atoms with Gasteiger partial charge in [0.2, 0.25) is 0 Å². The van der Waals surface area contributed by atoms with Crippen LogP contribution in [0.3, 0.4) is 0 Å². The van der Waals surface area contributed by atoms with E-state index in [1.807, 2.05) is 19.1 Å². The van der Waals surface area contributed by atoms with Crippen molar-refractivity contribution in [3.8, 4) is 5.75 Å². The van der Waals surface area contributed by atoms with Crippen LogP contribution in [0.25, 0.3) is 0 Å². The van der Waals surface area contributed by atoms with E-state index in [0.29, 0.717) is 6.42 Å². The molecule has 1 aromatic rings. The third kappa shape index (κ3) is 3.53. The number of methoxy groups -OCH3 is 1. The first kappa shape index (κ1) is 13.0. The van der Waals surface area contributed by atoms with E-state index >= 15 is 0 Å². The number of unbranched alkanes of at least 4 members (excludes halogenated alkanes) is 2. The summed E-state index contributed by atoms with van der Waals surface area (Å²) in [6.07, 6.45) is 4.38. The molecule has 0 radical (unpaired) electrons. The number of benzene rings is 1. The Labute approximate surface area is 102 Å². The first-order chi connectivity index (χ1) is 7.69. The average molecular weight is 241 g/mol. The Morgan fingerprint density at radius 1 is 1.38 bits per heavy atom. The van der Waals surface area contributed by atoms with Crippen molar-refractivity contribution in [2.45, 2.75) is 32.6 Å². The highest BCUT2D eigenvalue weighted by atomic mass is 35.5. The van der Waals surface area contributed by atoms with Crippen LogP contribution in [0.15, 0.2) is 12.1 Å². The molecule has 0 aliphatic rings. The Balaban J connectivity index is 2.70. The van der Waals surface area contributed by atoms with Gasteiger partial charge in [0, 0.05) is 11.4 Å². The Morgan fingerprint density at radius 3 is 2.75 bits per heavy atom. The summed E-state index contributed by atoms with van der Waals surface area (Å²) >= 11 is 6.07. The molecule has 0 saturated heterocycles. The smallest absolute Gasteiger partial charge is 0.122 e. The topological polar surface area (TPSA) is 26.3 Å². The van der Waals surface area contributed by atoms with E-state index in [4.69, 9.17) is 16.3 Å². The largest absolute Gasteiger partial charge is 0.496 e. The quantitative estimate of drug-likeness (QED) is 0.561. The molecule has 1 rings (SSSR count). The highest BCUT2D eigenvalue weighted by molar-refractivity contribution is 6.31. The van der Waals surface area contributed by atoms with E-state index in [9.17, 15) is 4.79 Å². The predicted molar refractivity (Wildman–Crippen MR) is 66.4 cm³/mol. The van der Waals surface area contributed by atoms with Crippen molar-refractivity contribution in [1.29, 1.82) is 0 Å². The van der Waals surface area contributed by atoms with Crippen molar-refractivity contribution in [3.63, 3.8) is 0 Å². The van der Waals surface area contributed by atoms with E-state index in [-0.39, 0.29) is 0 Å². The number of hydrogen-bond donors (Lipinski definition) is 0. The van der Waals surface area contributed by atoms with Crippen molar-refractivity contribution in [1.82, 2.24) is 0 Å². The maximum Gasteiger partial charge on any atom is 0.122 e. The predicted octanol–water partition coefficient (Wildman–Crippen LogP) is 3.57. The van der Waals surface area contributed by atoms with Crippen LogP contribution in [0.4, 0.5) is 0 Å². The zero-order valence-electron chi connectivity index (χ0n) is 9.75. The molecule has 0 aliphatic carbocycles. The van der Waals surface area contributed by atoms with Crippen LogP contribution in [-0.2, 0) is 11.2 Å². The molecule has 16 heavy (non-hydrogen) atoms. The second-order valence-electron chi connectivity index (χ2n) is 3.83. The van der Waals surface area contributed by atoms with Crippen molar-refractivity contribution in [3.05, 3.63) is 28.3 Å². The first-order valence-corrected chi connectivity index (χ1v) is 5.83. The van der Waals surface area contributed by atoms with Crippen LogP contribution < -0.4 is 4.74 Å². The third-order valence-corrected chi connectivity index (χ3v) is 2.99. The van der Waals surface area contributed by atoms with Crippen molar-refractivity contribution >= 4 is 17.9 Å². The lowest BCUT2D eigenvalue weighted by Gasteiger charge is -2.10. The van der Waals surface area contributed by atoms with Crippen molar-refractivity contribution < 1.29 is 9.53 Å². The molecule has 88 valence electrons. The van der Waals surface area contributed by atoms with Crippen molar-refractivity contribution in [2.75, 3.05) is 7.11 Å². The summed E-state index contributed by atoms with van der Waals surface area (Å²) in [5.74, 6) is 0.882. The average Bonchev–Trinajstić information content (AvgIpc) is 2.28. The van der Waals surface area contributed by atoms with Gasteiger partial charge in [0.25, 0.3) is 0 Å². The molecular formula is C13H17ClO2. The van der Waals surface area contributed by atoms with Crippen LogP contribution >= 0.6 is 11.6 Å². The van der Waals surface area contributed by atoms with Gasteiger partial charge in [-0.15, -0.1) is 0 Å². The minimum Gasteiger partial charge on any atom is -0.496 e. The lowest BCUT2D eigenvalue weighted by molar-refractivity contribution is -0.107. The number of aryl methyl sites for hydroxylation is 2. The second-order valence-corrected chi connectivity index (χ2v) is 4.23. The molecule has 0 aromatic heterocycles. The molecule has 0 bridgehead atoms. The van der Waals surface area contributed by atoms with E-state index in [1.54, 1.807) is 7.11 Å². The van der Waals surface area contributed by atoms with E-state index in [0.717, 1.165) is 47.4 Å². The van der Waals surface area contributed by atoms with E-state index in [2.05, 4.69) is 0 Å². The summed E-state index contributed by atoms with van der Waals surface area (Å²) in [6.45, 7) is 1.96. The zero-order valence-corrected chi connectivity index (χ0v) is 10.5. The van der Waals surface area contributed by atoms with Crippen LogP contribution in [0.2, 0.25) is 5.02 Å². The Kier molecular flexibility index (Phi) is 5.33. The fraction of sp³-hybridized carbons (Fsp3) is 0.462. The first-order valence-electron chi connectivity index (χ1n) is 5.45. The van der Waals surface area contributed by atoms with Gasteiger partial charge in [-0.2, -0.15) is 0 Å². The highest BCUT2D eigenvalue weighted by Crippen LogP contribution is 2.27. The molecule has 0 spiro atoms. The van der Waals surface area contributed by atoms with E-state index in [1.165, 1.54) is 0 Å². The van der Waals surface area contributed by atoms with E-state index < -0.39 is 0 Å². The lowest BCUT2D eigenvalue weighted by Crippen LogP contribution is -1.94. The number of halogens is 1. The number of aldehydes is 1. The maximum atomic E-state index is 10.2. The zero-order chi connectivity index (χ0) is 12.0. The minimum atomic E-state index is 0.627. The molecule has 3 heteroatoms. The van der Waals surface area contributed by atoms with Gasteiger partial charge in [-0.25, -0.2) is 0 Å². The minimum absolute atomic E-state index is 0.627. The van der Waals surface area contributed by atoms with Crippen LogP contribution in [-0.4, -0.2) is 13.4 Å². The van der Waals surface area contributed by atoms with Crippen LogP contribution in [0.5, 0.6) is 5.75 Å². The standard InChI is InChI=1S/C13H17ClO2/c1-10-8-13(16-2)11(9-12(10)14)6-4-3-5-7-15/h7-9H,3-6H2,1-2H3. The number of carbonyl (C=O) groups is 1. The Hall–Kier alpha value is -1.02. The molecule has 0 unspecified atom stereocenters. The molecule has 0 aliphatic heterocycles. The number of ether oxygens (including phenoxy) is 1. The normalized spacial score (nSPS) is 10.2. The van der Waals surface area contributed by atoms with Gasteiger partial charge in [0.05, 0.1) is 7.11 Å². The van der Waals surface area contributed by atoms with Gasteiger partial charge in [0.15, 0.2) is 0 Å². The molecule has 0 saturated carbocycles. The molecule has 0 atom stereocenters. The second kappa shape index (κ2) is 6.54. The van der Waals surface area contributed by atoms with Gasteiger partial charge in [-0.3, -0.25) is 0 Å². The number of rotatable bonds is 6.